The number of hydrogen-bond acceptors (Lipinski definition) is 4. The minimum absolute atomic E-state index is 0.363. The number of guanidine groups is 1. The van der Waals surface area contributed by atoms with Crippen LogP contribution in [0.1, 0.15) is 43.7 Å². The molecule has 0 radical (unpaired) electrons. The molecule has 0 aliphatic carbocycles. The lowest BCUT2D eigenvalue weighted by Crippen LogP contribution is -2.38. The topological polar surface area (TPSA) is 80.3 Å². The molecule has 0 unspecified atom stereocenters. The zero-order valence-corrected chi connectivity index (χ0v) is 14.3. The van der Waals surface area contributed by atoms with Gasteiger partial charge in [0.15, 0.2) is 11.7 Å². The highest BCUT2D eigenvalue weighted by Crippen LogP contribution is 2.14. The maximum atomic E-state index is 5.31. The monoisotopic (exact) mass is 318 g/mol. The van der Waals surface area contributed by atoms with E-state index in [-0.39, 0.29) is 0 Å². The maximum absolute atomic E-state index is 5.31. The van der Waals surface area contributed by atoms with Crippen LogP contribution in [0.25, 0.3) is 0 Å². The van der Waals surface area contributed by atoms with Gasteiger partial charge in [0, 0.05) is 32.4 Å². The fraction of sp³-hybridized carbons (Fsp3) is 0.562. The molecule has 2 aromatic rings. The summed E-state index contributed by atoms with van der Waals surface area (Å²) in [5, 5.41) is 14.8. The summed E-state index contributed by atoms with van der Waals surface area (Å²) in [7, 11) is 1.92. The molecule has 7 heteroatoms. The molecule has 0 aromatic carbocycles. The van der Waals surface area contributed by atoms with E-state index in [0.717, 1.165) is 36.9 Å². The van der Waals surface area contributed by atoms with Crippen LogP contribution in [0, 0.1) is 0 Å². The third kappa shape index (κ3) is 5.43. The number of aryl methyl sites for hydroxylation is 1. The molecule has 0 spiro atoms. The first-order chi connectivity index (χ1) is 11.1. The van der Waals surface area contributed by atoms with E-state index in [2.05, 4.69) is 39.7 Å². The lowest BCUT2D eigenvalue weighted by molar-refractivity contribution is 0.376. The van der Waals surface area contributed by atoms with Crippen molar-refractivity contribution in [2.45, 2.75) is 39.7 Å². The summed E-state index contributed by atoms with van der Waals surface area (Å²) >= 11 is 0. The third-order valence-corrected chi connectivity index (χ3v) is 3.37. The number of rotatable bonds is 7. The van der Waals surface area contributed by atoms with Gasteiger partial charge >= 0.3 is 0 Å². The Hall–Kier alpha value is -2.31. The molecule has 0 aliphatic heterocycles. The molecule has 0 saturated carbocycles. The highest BCUT2D eigenvalue weighted by molar-refractivity contribution is 5.79. The van der Waals surface area contributed by atoms with Crippen LogP contribution in [-0.4, -0.2) is 34.0 Å². The summed E-state index contributed by atoms with van der Waals surface area (Å²) in [5.41, 5.74) is 2.16. The van der Waals surface area contributed by atoms with Gasteiger partial charge in [-0.1, -0.05) is 19.0 Å². The van der Waals surface area contributed by atoms with Crippen molar-refractivity contribution in [2.24, 2.45) is 12.0 Å². The quantitative estimate of drug-likeness (QED) is 0.601. The van der Waals surface area contributed by atoms with Crippen LogP contribution in [0.5, 0.6) is 0 Å². The standard InChI is InChI=1S/C16H26N6O/c1-5-17-16(18-7-6-13-9-20-22(4)11-13)19-10-14-8-15(12(2)3)21-23-14/h8-9,11-12H,5-7,10H2,1-4H3,(H2,17,18,19). The number of nitrogens with one attached hydrogen (secondary N) is 2. The second-order valence-electron chi connectivity index (χ2n) is 5.77. The number of aromatic nitrogens is 3. The van der Waals surface area contributed by atoms with Crippen LogP contribution in [0.3, 0.4) is 0 Å². The van der Waals surface area contributed by atoms with E-state index in [9.17, 15) is 0 Å². The number of hydrogen-bond donors (Lipinski definition) is 2. The first kappa shape index (κ1) is 17.1. The van der Waals surface area contributed by atoms with Gasteiger partial charge in [-0.15, -0.1) is 0 Å². The van der Waals surface area contributed by atoms with Crippen molar-refractivity contribution in [1.29, 1.82) is 0 Å². The summed E-state index contributed by atoms with van der Waals surface area (Å²) in [6.45, 7) is 8.31. The van der Waals surface area contributed by atoms with Gasteiger partial charge in [-0.05, 0) is 24.8 Å². The van der Waals surface area contributed by atoms with Gasteiger partial charge in [0.1, 0.15) is 6.54 Å². The molecule has 0 aliphatic rings. The van der Waals surface area contributed by atoms with Gasteiger partial charge in [-0.3, -0.25) is 4.68 Å². The fourth-order valence-electron chi connectivity index (χ4n) is 2.10. The van der Waals surface area contributed by atoms with Crippen molar-refractivity contribution in [1.82, 2.24) is 25.6 Å². The first-order valence-corrected chi connectivity index (χ1v) is 8.03. The Morgan fingerprint density at radius 2 is 2.22 bits per heavy atom. The summed E-state index contributed by atoms with van der Waals surface area (Å²) in [5.74, 6) is 1.92. The number of nitrogens with zero attached hydrogens (tertiary/aromatic N) is 4. The van der Waals surface area contributed by atoms with Gasteiger partial charge in [-0.25, -0.2) is 4.99 Å². The molecular formula is C16H26N6O. The van der Waals surface area contributed by atoms with Crippen molar-refractivity contribution in [3.63, 3.8) is 0 Å². The van der Waals surface area contributed by atoms with E-state index in [1.54, 1.807) is 0 Å². The molecule has 2 aromatic heterocycles. The molecule has 2 N–H and O–H groups in total. The van der Waals surface area contributed by atoms with Crippen molar-refractivity contribution in [2.75, 3.05) is 13.1 Å². The van der Waals surface area contributed by atoms with Crippen LogP contribution >= 0.6 is 0 Å². The highest BCUT2D eigenvalue weighted by atomic mass is 16.5. The Kier molecular flexibility index (Phi) is 6.19. The Balaban J connectivity index is 1.85. The van der Waals surface area contributed by atoms with Crippen molar-refractivity contribution >= 4 is 5.96 Å². The average molecular weight is 318 g/mol. The molecule has 0 amide bonds. The molecule has 126 valence electrons. The van der Waals surface area contributed by atoms with Crippen LogP contribution in [0.2, 0.25) is 0 Å². The first-order valence-electron chi connectivity index (χ1n) is 8.03. The largest absolute Gasteiger partial charge is 0.359 e. The second kappa shape index (κ2) is 8.36. The van der Waals surface area contributed by atoms with E-state index in [0.29, 0.717) is 12.5 Å². The van der Waals surface area contributed by atoms with E-state index < -0.39 is 0 Å². The summed E-state index contributed by atoms with van der Waals surface area (Å²) < 4.78 is 7.12. The maximum Gasteiger partial charge on any atom is 0.191 e. The van der Waals surface area contributed by atoms with Gasteiger partial charge in [-0.2, -0.15) is 5.10 Å². The van der Waals surface area contributed by atoms with E-state index in [1.165, 1.54) is 5.56 Å². The zero-order chi connectivity index (χ0) is 16.7. The van der Waals surface area contributed by atoms with Gasteiger partial charge < -0.3 is 15.2 Å². The predicted octanol–water partition coefficient (Wildman–Crippen LogP) is 1.83. The third-order valence-electron chi connectivity index (χ3n) is 3.37. The van der Waals surface area contributed by atoms with Crippen LogP contribution in [0.4, 0.5) is 0 Å². The predicted molar refractivity (Wildman–Crippen MR) is 90.3 cm³/mol. The summed E-state index contributed by atoms with van der Waals surface area (Å²) in [4.78, 5) is 4.53. The van der Waals surface area contributed by atoms with E-state index >= 15 is 0 Å². The lowest BCUT2D eigenvalue weighted by atomic mass is 10.1. The zero-order valence-electron chi connectivity index (χ0n) is 14.3. The summed E-state index contributed by atoms with van der Waals surface area (Å²) in [6, 6.07) is 1.97. The smallest absolute Gasteiger partial charge is 0.191 e. The molecule has 23 heavy (non-hydrogen) atoms. The van der Waals surface area contributed by atoms with Crippen molar-refractivity contribution < 1.29 is 4.52 Å². The van der Waals surface area contributed by atoms with Gasteiger partial charge in [0.2, 0.25) is 0 Å². The van der Waals surface area contributed by atoms with Gasteiger partial charge in [0.05, 0.1) is 11.9 Å². The Labute approximate surface area is 137 Å². The van der Waals surface area contributed by atoms with Crippen LogP contribution in [-0.2, 0) is 20.0 Å². The van der Waals surface area contributed by atoms with Crippen molar-refractivity contribution in [3.05, 3.63) is 35.5 Å². The van der Waals surface area contributed by atoms with Crippen LogP contribution < -0.4 is 10.6 Å². The Bertz CT molecular complexity index is 628. The number of aliphatic imine (C=N–C) groups is 1. The van der Waals surface area contributed by atoms with E-state index in [1.807, 2.05) is 37.1 Å². The SMILES string of the molecule is CCNC(=NCc1cc(C(C)C)no1)NCCc1cnn(C)c1. The molecule has 0 bridgehead atoms. The molecule has 0 saturated heterocycles. The molecule has 2 rings (SSSR count). The average Bonchev–Trinajstić information content (AvgIpc) is 3.14. The fourth-order valence-corrected chi connectivity index (χ4v) is 2.10. The lowest BCUT2D eigenvalue weighted by Gasteiger charge is -2.10. The summed E-state index contributed by atoms with van der Waals surface area (Å²) in [6.07, 6.45) is 4.81. The van der Waals surface area contributed by atoms with E-state index in [4.69, 9.17) is 4.52 Å². The van der Waals surface area contributed by atoms with Gasteiger partial charge in [0.25, 0.3) is 0 Å². The molecule has 2 heterocycles. The minimum Gasteiger partial charge on any atom is -0.359 e. The molecule has 0 fully saturated rings. The molecule has 7 nitrogen and oxygen atoms in total. The Morgan fingerprint density at radius 3 is 2.83 bits per heavy atom. The molecular weight excluding hydrogens is 292 g/mol. The molecule has 0 atom stereocenters. The van der Waals surface area contributed by atoms with Crippen LogP contribution in [0.15, 0.2) is 28.0 Å². The second-order valence-corrected chi connectivity index (χ2v) is 5.77. The Morgan fingerprint density at radius 1 is 1.39 bits per heavy atom. The normalized spacial score (nSPS) is 12.0. The minimum atomic E-state index is 0.363. The highest BCUT2D eigenvalue weighted by Gasteiger charge is 2.07. The van der Waals surface area contributed by atoms with Crippen molar-refractivity contribution in [3.8, 4) is 0 Å².